The topological polar surface area (TPSA) is 63.6 Å². The number of aromatic nitrogens is 1. The summed E-state index contributed by atoms with van der Waals surface area (Å²) in [5.41, 5.74) is 3.87. The number of carbonyl (C=O) groups excluding carboxylic acids is 2. The van der Waals surface area contributed by atoms with Crippen LogP contribution in [0.4, 0.5) is 5.69 Å². The summed E-state index contributed by atoms with van der Waals surface area (Å²) >= 11 is 1.57. The lowest BCUT2D eigenvalue weighted by Crippen LogP contribution is -2.30. The van der Waals surface area contributed by atoms with Crippen LogP contribution in [0.5, 0.6) is 5.75 Å². The molecule has 3 aromatic carbocycles. The van der Waals surface area contributed by atoms with Crippen molar-refractivity contribution in [2.45, 2.75) is 17.9 Å². The number of para-hydroxylation sites is 3. The molecule has 0 atom stereocenters. The lowest BCUT2D eigenvalue weighted by Gasteiger charge is -2.16. The van der Waals surface area contributed by atoms with Gasteiger partial charge in [-0.1, -0.05) is 48.5 Å². The Kier molecular flexibility index (Phi) is 6.77. The van der Waals surface area contributed by atoms with E-state index in [9.17, 15) is 9.59 Å². The molecule has 0 saturated heterocycles. The number of rotatable bonds is 8. The van der Waals surface area contributed by atoms with Gasteiger partial charge in [0.1, 0.15) is 5.75 Å². The van der Waals surface area contributed by atoms with Crippen LogP contribution < -0.4 is 15.0 Å². The van der Waals surface area contributed by atoms with Crippen molar-refractivity contribution in [1.29, 1.82) is 0 Å². The van der Waals surface area contributed by atoms with Gasteiger partial charge < -0.3 is 19.5 Å². The number of carbonyl (C=O) groups is 2. The number of nitrogens with one attached hydrogen (secondary N) is 1. The molecule has 1 aliphatic rings. The Balaban J connectivity index is 1.25. The van der Waals surface area contributed by atoms with Crippen molar-refractivity contribution in [2.75, 3.05) is 30.9 Å². The first-order valence-electron chi connectivity index (χ1n) is 11.7. The van der Waals surface area contributed by atoms with Crippen LogP contribution in [0.2, 0.25) is 0 Å². The van der Waals surface area contributed by atoms with Crippen LogP contribution in [0.3, 0.4) is 0 Å². The van der Waals surface area contributed by atoms with Crippen molar-refractivity contribution in [3.8, 4) is 5.75 Å². The first-order valence-corrected chi connectivity index (χ1v) is 12.6. The van der Waals surface area contributed by atoms with Crippen LogP contribution in [-0.2, 0) is 17.8 Å². The minimum atomic E-state index is -0.162. The zero-order valence-electron chi connectivity index (χ0n) is 19.6. The number of hydrogen-bond donors (Lipinski definition) is 1. The van der Waals surface area contributed by atoms with Gasteiger partial charge in [0.05, 0.1) is 18.4 Å². The van der Waals surface area contributed by atoms with E-state index >= 15 is 0 Å². The van der Waals surface area contributed by atoms with Crippen molar-refractivity contribution >= 4 is 40.2 Å². The third-order valence-electron chi connectivity index (χ3n) is 6.28. The molecule has 4 aromatic rings. The van der Waals surface area contributed by atoms with Crippen LogP contribution in [-0.4, -0.2) is 42.3 Å². The van der Waals surface area contributed by atoms with Crippen LogP contribution in [0, 0.1) is 0 Å². The summed E-state index contributed by atoms with van der Waals surface area (Å²) in [5.74, 6) is 0.901. The van der Waals surface area contributed by atoms with E-state index < -0.39 is 0 Å². The molecule has 1 N–H and O–H groups in total. The second-order valence-electron chi connectivity index (χ2n) is 8.37. The van der Waals surface area contributed by atoms with Gasteiger partial charge >= 0.3 is 0 Å². The Morgan fingerprint density at radius 2 is 1.77 bits per heavy atom. The molecule has 178 valence electrons. The average molecular weight is 486 g/mol. The molecule has 0 saturated carbocycles. The van der Waals surface area contributed by atoms with Crippen LogP contribution in [0.25, 0.3) is 10.9 Å². The Morgan fingerprint density at radius 3 is 2.66 bits per heavy atom. The van der Waals surface area contributed by atoms with E-state index in [1.165, 1.54) is 5.56 Å². The zero-order valence-corrected chi connectivity index (χ0v) is 20.4. The monoisotopic (exact) mass is 485 g/mol. The van der Waals surface area contributed by atoms with Gasteiger partial charge in [0.15, 0.2) is 0 Å². The summed E-state index contributed by atoms with van der Waals surface area (Å²) in [4.78, 5) is 28.6. The number of methoxy groups -OCH3 is 1. The third-order valence-corrected chi connectivity index (χ3v) is 7.31. The maximum Gasteiger partial charge on any atom is 0.255 e. The largest absolute Gasteiger partial charge is 0.496 e. The first-order chi connectivity index (χ1) is 17.2. The lowest BCUT2D eigenvalue weighted by atomic mass is 10.2. The molecule has 5 rings (SSSR count). The summed E-state index contributed by atoms with van der Waals surface area (Å²) in [6.07, 6.45) is 2.99. The summed E-state index contributed by atoms with van der Waals surface area (Å²) < 4.78 is 7.43. The van der Waals surface area contributed by atoms with Crippen molar-refractivity contribution in [1.82, 2.24) is 9.88 Å². The number of hydrogen-bond acceptors (Lipinski definition) is 4. The predicted molar refractivity (Wildman–Crippen MR) is 140 cm³/mol. The normalized spacial score (nSPS) is 12.5. The maximum absolute atomic E-state index is 13.0. The minimum absolute atomic E-state index is 0.126. The molecule has 7 heteroatoms. The van der Waals surface area contributed by atoms with Crippen molar-refractivity contribution in [3.63, 3.8) is 0 Å². The van der Waals surface area contributed by atoms with Gasteiger partial charge in [-0.15, -0.1) is 11.8 Å². The molecular formula is C28H27N3O3S. The molecule has 0 bridgehead atoms. The van der Waals surface area contributed by atoms with E-state index in [0.29, 0.717) is 30.2 Å². The average Bonchev–Trinajstić information content (AvgIpc) is 3.49. The van der Waals surface area contributed by atoms with Crippen LogP contribution in [0.1, 0.15) is 15.9 Å². The van der Waals surface area contributed by atoms with Crippen molar-refractivity contribution in [3.05, 3.63) is 90.1 Å². The number of benzene rings is 3. The summed E-state index contributed by atoms with van der Waals surface area (Å²) in [6, 6.07) is 23.5. The third kappa shape index (κ3) is 4.77. The van der Waals surface area contributed by atoms with Gasteiger partial charge in [-0.2, -0.15) is 0 Å². The number of amides is 2. The molecule has 0 radical (unpaired) electrons. The minimum Gasteiger partial charge on any atom is -0.496 e. The Bertz CT molecular complexity index is 1380. The SMILES string of the molecule is COc1ccccc1C(=O)NCCn1cc(SCC(=O)N2CCc3ccccc32)c2ccccc21. The highest BCUT2D eigenvalue weighted by atomic mass is 32.2. The van der Waals surface area contributed by atoms with E-state index in [2.05, 4.69) is 34.3 Å². The van der Waals surface area contributed by atoms with Gasteiger partial charge in [0.2, 0.25) is 5.91 Å². The van der Waals surface area contributed by atoms with Gasteiger partial charge in [0.25, 0.3) is 5.91 Å². The molecule has 1 aromatic heterocycles. The van der Waals surface area contributed by atoms with Gasteiger partial charge in [-0.3, -0.25) is 9.59 Å². The standard InChI is InChI=1S/C28H27N3O3S/c1-34-25-13-7-4-10-22(25)28(33)29-15-17-30-18-26(21-9-3-6-12-24(21)30)35-19-27(32)31-16-14-20-8-2-5-11-23(20)31/h2-13,18H,14-17,19H2,1H3,(H,29,33). The highest BCUT2D eigenvalue weighted by Gasteiger charge is 2.24. The van der Waals surface area contributed by atoms with Gasteiger partial charge in [0, 0.05) is 47.3 Å². The molecule has 35 heavy (non-hydrogen) atoms. The Hall–Kier alpha value is -3.71. The summed E-state index contributed by atoms with van der Waals surface area (Å²) in [7, 11) is 1.56. The molecule has 2 amide bonds. The van der Waals surface area contributed by atoms with Crippen LogP contribution in [0.15, 0.2) is 83.9 Å². The molecule has 0 aliphatic carbocycles. The quantitative estimate of drug-likeness (QED) is 0.366. The molecule has 2 heterocycles. The van der Waals surface area contributed by atoms with Crippen molar-refractivity contribution in [2.24, 2.45) is 0 Å². The molecule has 1 aliphatic heterocycles. The second-order valence-corrected chi connectivity index (χ2v) is 9.39. The number of thioether (sulfide) groups is 1. The fraction of sp³-hybridized carbons (Fsp3) is 0.214. The molecule has 0 fully saturated rings. The predicted octanol–water partition coefficient (Wildman–Crippen LogP) is 4.76. The molecule has 0 unspecified atom stereocenters. The zero-order chi connectivity index (χ0) is 24.2. The number of fused-ring (bicyclic) bond motifs is 2. The van der Waals surface area contributed by atoms with E-state index in [4.69, 9.17) is 4.74 Å². The Labute approximate surface area is 208 Å². The van der Waals surface area contributed by atoms with E-state index in [1.54, 1.807) is 31.0 Å². The van der Waals surface area contributed by atoms with E-state index in [0.717, 1.165) is 34.5 Å². The lowest BCUT2D eigenvalue weighted by molar-refractivity contribution is -0.116. The van der Waals surface area contributed by atoms with Gasteiger partial charge in [-0.25, -0.2) is 0 Å². The summed E-state index contributed by atoms with van der Waals surface area (Å²) in [6.45, 7) is 1.84. The second kappa shape index (κ2) is 10.3. The molecule has 0 spiro atoms. The highest BCUT2D eigenvalue weighted by molar-refractivity contribution is 8.00. The van der Waals surface area contributed by atoms with Crippen molar-refractivity contribution < 1.29 is 14.3 Å². The number of anilines is 1. The molecular weight excluding hydrogens is 458 g/mol. The number of nitrogens with zero attached hydrogens (tertiary/aromatic N) is 2. The first kappa shape index (κ1) is 23.1. The van der Waals surface area contributed by atoms with E-state index in [-0.39, 0.29) is 11.8 Å². The highest BCUT2D eigenvalue weighted by Crippen LogP contribution is 2.32. The maximum atomic E-state index is 13.0. The fourth-order valence-electron chi connectivity index (χ4n) is 4.55. The smallest absolute Gasteiger partial charge is 0.255 e. The number of ether oxygens (including phenoxy) is 1. The molecule has 6 nitrogen and oxygen atoms in total. The van der Waals surface area contributed by atoms with Gasteiger partial charge in [-0.05, 0) is 36.2 Å². The Morgan fingerprint density at radius 1 is 1.00 bits per heavy atom. The van der Waals surface area contributed by atoms with E-state index in [1.807, 2.05) is 47.4 Å². The van der Waals surface area contributed by atoms with Crippen LogP contribution >= 0.6 is 11.8 Å². The summed E-state index contributed by atoms with van der Waals surface area (Å²) in [5, 5.41) is 4.10. The fourth-order valence-corrected chi connectivity index (χ4v) is 5.51.